The van der Waals surface area contributed by atoms with E-state index in [9.17, 15) is 23.5 Å². The predicted octanol–water partition coefficient (Wildman–Crippen LogP) is 3.70. The molecule has 2 fully saturated rings. The molecule has 0 bridgehead atoms. The second-order valence-corrected chi connectivity index (χ2v) is 12.8. The van der Waals surface area contributed by atoms with Gasteiger partial charge >= 0.3 is 11.9 Å². The maximum Gasteiger partial charge on any atom is 0.338 e. The number of aromatic nitrogens is 1. The van der Waals surface area contributed by atoms with Crippen molar-refractivity contribution < 1.29 is 46.6 Å². The number of alkyl halides is 2. The average molecular weight is 670 g/mol. The number of hydrogen-bond donors (Lipinski definition) is 2. The summed E-state index contributed by atoms with van der Waals surface area (Å²) in [6.07, 6.45) is 0.574. The van der Waals surface area contributed by atoms with E-state index < -0.39 is 65.7 Å². The molecule has 0 aliphatic carbocycles. The summed E-state index contributed by atoms with van der Waals surface area (Å²) >= 11 is 1.24. The summed E-state index contributed by atoms with van der Waals surface area (Å²) in [4.78, 5) is 41.5. The first-order chi connectivity index (χ1) is 21.7. The average Bonchev–Trinajstić information content (AvgIpc) is 3.73. The standard InChI is InChI=1S/C30H35F4N5O6S/c1-6-44-27(40)21-18(36-25(26-35-9-10-46-26)37-23(21)16-7-8-17(31)22(32)15(16)2)11-38-14-30(33,34)24-19(38)13-45-39(24)12-20(43-5)29(3,4)28(41)42/h7-10,19-20,23-24H,6,11-14H2,1-5H3,(H,36,37)(H,41,42)/t19-,20+,23+,24+/m0/s1. The van der Waals surface area contributed by atoms with E-state index in [1.54, 1.807) is 18.5 Å². The van der Waals surface area contributed by atoms with Crippen molar-refractivity contribution in [1.29, 1.82) is 0 Å². The zero-order valence-electron chi connectivity index (χ0n) is 25.9. The predicted molar refractivity (Wildman–Crippen MR) is 158 cm³/mol. The van der Waals surface area contributed by atoms with E-state index >= 15 is 8.78 Å². The van der Waals surface area contributed by atoms with Gasteiger partial charge in [0.2, 0.25) is 0 Å². The van der Waals surface area contributed by atoms with Crippen LogP contribution in [0.1, 0.15) is 42.9 Å². The first-order valence-electron chi connectivity index (χ1n) is 14.6. The van der Waals surface area contributed by atoms with Crippen molar-refractivity contribution in [3.05, 3.63) is 62.7 Å². The van der Waals surface area contributed by atoms with Gasteiger partial charge in [-0.25, -0.2) is 27.3 Å². The van der Waals surface area contributed by atoms with E-state index in [0.29, 0.717) is 5.01 Å². The monoisotopic (exact) mass is 669 g/mol. The van der Waals surface area contributed by atoms with Crippen LogP contribution < -0.4 is 5.32 Å². The molecule has 4 heterocycles. The van der Waals surface area contributed by atoms with Crippen LogP contribution in [0.3, 0.4) is 0 Å². The molecule has 5 rings (SSSR count). The molecule has 2 N–H and O–H groups in total. The Hall–Kier alpha value is -3.44. The maximum atomic E-state index is 15.8. The van der Waals surface area contributed by atoms with Crippen LogP contribution in [0.4, 0.5) is 17.6 Å². The van der Waals surface area contributed by atoms with Gasteiger partial charge in [0.05, 0.1) is 49.4 Å². The Labute approximate surface area is 266 Å². The van der Waals surface area contributed by atoms with Crippen molar-refractivity contribution in [2.75, 3.05) is 40.0 Å². The summed E-state index contributed by atoms with van der Waals surface area (Å²) in [6.45, 7) is 4.57. The van der Waals surface area contributed by atoms with E-state index in [1.807, 2.05) is 0 Å². The number of nitrogens with zero attached hydrogens (tertiary/aromatic N) is 4. The minimum atomic E-state index is -3.30. The van der Waals surface area contributed by atoms with Crippen LogP contribution in [-0.2, 0) is 23.9 Å². The number of likely N-dealkylation sites (tertiary alicyclic amines) is 1. The van der Waals surface area contributed by atoms with Gasteiger partial charge in [0.25, 0.3) is 5.92 Å². The van der Waals surface area contributed by atoms with Crippen LogP contribution in [0.15, 0.2) is 40.0 Å². The lowest BCUT2D eigenvalue weighted by atomic mass is 9.86. The summed E-state index contributed by atoms with van der Waals surface area (Å²) in [5.41, 5.74) is -1.12. The molecule has 1 aromatic carbocycles. The quantitative estimate of drug-likeness (QED) is 0.270. The number of methoxy groups -OCH3 is 1. The zero-order chi connectivity index (χ0) is 33.6. The molecule has 11 nitrogen and oxygen atoms in total. The number of amidine groups is 1. The van der Waals surface area contributed by atoms with Gasteiger partial charge in [-0.2, -0.15) is 5.06 Å². The number of rotatable bonds is 11. The molecule has 2 saturated heterocycles. The Morgan fingerprint density at radius 2 is 2.04 bits per heavy atom. The van der Waals surface area contributed by atoms with E-state index in [0.717, 1.165) is 11.1 Å². The fourth-order valence-corrected chi connectivity index (χ4v) is 6.65. The van der Waals surface area contributed by atoms with Crippen LogP contribution in [0.5, 0.6) is 0 Å². The third-order valence-electron chi connectivity index (χ3n) is 8.68. The van der Waals surface area contributed by atoms with E-state index in [2.05, 4.69) is 15.3 Å². The second-order valence-electron chi connectivity index (χ2n) is 11.9. The Balaban J connectivity index is 1.53. The molecule has 3 aliphatic rings. The summed E-state index contributed by atoms with van der Waals surface area (Å²) in [5.74, 6) is -7.20. The fourth-order valence-electron chi connectivity index (χ4n) is 6.06. The molecular formula is C30H35F4N5O6S. The number of esters is 1. The van der Waals surface area contributed by atoms with Crippen molar-refractivity contribution in [1.82, 2.24) is 20.3 Å². The highest BCUT2D eigenvalue weighted by molar-refractivity contribution is 7.11. The number of carbonyl (C=O) groups is 2. The molecule has 16 heteroatoms. The molecule has 0 spiro atoms. The SMILES string of the molecule is CCOC(=O)C1=C(CN2CC(F)(F)[C@H]3[C@@H]2CON3C[C@@H](OC)C(C)(C)C(=O)O)NC(c2nccs2)=N[C@@H]1c1ccc(F)c(F)c1C. The number of nitrogens with one attached hydrogen (secondary N) is 1. The Morgan fingerprint density at radius 1 is 1.30 bits per heavy atom. The van der Waals surface area contributed by atoms with E-state index in [-0.39, 0.29) is 54.5 Å². The van der Waals surface area contributed by atoms with Gasteiger partial charge < -0.3 is 19.9 Å². The number of fused-ring (bicyclic) bond motifs is 1. The minimum absolute atomic E-state index is 0.00914. The van der Waals surface area contributed by atoms with E-state index in [4.69, 9.17) is 14.3 Å². The lowest BCUT2D eigenvalue weighted by Gasteiger charge is -2.34. The van der Waals surface area contributed by atoms with Crippen molar-refractivity contribution >= 4 is 29.1 Å². The highest BCUT2D eigenvalue weighted by Gasteiger charge is 2.61. The smallest absolute Gasteiger partial charge is 0.338 e. The Kier molecular flexibility index (Phi) is 9.57. The van der Waals surface area contributed by atoms with Gasteiger partial charge in [0.15, 0.2) is 22.5 Å². The van der Waals surface area contributed by atoms with Crippen molar-refractivity contribution in [3.63, 3.8) is 0 Å². The lowest BCUT2D eigenvalue weighted by Crippen LogP contribution is -2.51. The third-order valence-corrected chi connectivity index (χ3v) is 9.46. The number of aliphatic carboxylic acids is 1. The van der Waals surface area contributed by atoms with Crippen LogP contribution in [0, 0.1) is 24.0 Å². The number of ether oxygens (including phenoxy) is 2. The third kappa shape index (κ3) is 6.15. The highest BCUT2D eigenvalue weighted by Crippen LogP contribution is 2.43. The van der Waals surface area contributed by atoms with Gasteiger partial charge in [-0.3, -0.25) is 19.5 Å². The molecular weight excluding hydrogens is 634 g/mol. The van der Waals surface area contributed by atoms with Gasteiger partial charge in [0, 0.05) is 30.9 Å². The Bertz CT molecular complexity index is 1550. The Morgan fingerprint density at radius 3 is 2.67 bits per heavy atom. The van der Waals surface area contributed by atoms with Gasteiger partial charge in [-0.15, -0.1) is 11.3 Å². The van der Waals surface area contributed by atoms with Crippen LogP contribution >= 0.6 is 11.3 Å². The summed E-state index contributed by atoms with van der Waals surface area (Å²) in [5, 5.41) is 16.0. The summed E-state index contributed by atoms with van der Waals surface area (Å²) in [6, 6.07) is -1.20. The maximum absolute atomic E-state index is 15.8. The number of halogens is 4. The van der Waals surface area contributed by atoms with Crippen LogP contribution in [0.2, 0.25) is 0 Å². The first-order valence-corrected chi connectivity index (χ1v) is 15.5. The molecule has 0 amide bonds. The largest absolute Gasteiger partial charge is 0.481 e. The molecule has 4 atom stereocenters. The van der Waals surface area contributed by atoms with Crippen LogP contribution in [0.25, 0.3) is 0 Å². The molecule has 2 aromatic rings. The molecule has 0 radical (unpaired) electrons. The zero-order valence-corrected chi connectivity index (χ0v) is 26.7. The van der Waals surface area contributed by atoms with Gasteiger partial charge in [0.1, 0.15) is 12.1 Å². The number of carboxylic acids is 1. The number of carbonyl (C=O) groups excluding carboxylic acids is 1. The van der Waals surface area contributed by atoms with E-state index in [1.165, 1.54) is 50.2 Å². The molecule has 250 valence electrons. The van der Waals surface area contributed by atoms with Crippen LogP contribution in [-0.4, -0.2) is 102 Å². The van der Waals surface area contributed by atoms with Crippen molar-refractivity contribution in [2.45, 2.75) is 57.8 Å². The fraction of sp³-hybridized carbons (Fsp3) is 0.533. The number of benzene rings is 1. The highest BCUT2D eigenvalue weighted by atomic mass is 32.1. The normalized spacial score (nSPS) is 24.0. The summed E-state index contributed by atoms with van der Waals surface area (Å²) < 4.78 is 71.2. The number of hydrogen-bond acceptors (Lipinski definition) is 11. The molecule has 0 unspecified atom stereocenters. The molecule has 1 aromatic heterocycles. The second kappa shape index (κ2) is 13.0. The number of aliphatic imine (C=N–C) groups is 1. The molecule has 3 aliphatic heterocycles. The number of thiazole rings is 1. The topological polar surface area (TPSA) is 126 Å². The minimum Gasteiger partial charge on any atom is -0.481 e. The molecule has 0 saturated carbocycles. The van der Waals surface area contributed by atoms with Crippen molar-refractivity contribution in [2.24, 2.45) is 10.4 Å². The van der Waals surface area contributed by atoms with Crippen molar-refractivity contribution in [3.8, 4) is 0 Å². The summed E-state index contributed by atoms with van der Waals surface area (Å²) in [7, 11) is 1.31. The number of hydroxylamine groups is 2. The lowest BCUT2D eigenvalue weighted by molar-refractivity contribution is -0.205. The van der Waals surface area contributed by atoms with Gasteiger partial charge in [-0.05, 0) is 44.9 Å². The molecule has 46 heavy (non-hydrogen) atoms. The first kappa shape index (κ1) is 33.9. The van der Waals surface area contributed by atoms with Gasteiger partial charge in [-0.1, -0.05) is 6.07 Å². The number of carboxylic acid groups (broad SMARTS) is 1.